The smallest absolute Gasteiger partial charge is 0.407 e. The van der Waals surface area contributed by atoms with Gasteiger partial charge in [0.05, 0.1) is 6.61 Å². The Hall–Kier alpha value is -2.24. The maximum atomic E-state index is 11.9. The molecule has 0 bridgehead atoms. The van der Waals surface area contributed by atoms with E-state index in [9.17, 15) is 9.59 Å². The molecule has 6 heteroatoms. The molecule has 0 saturated carbocycles. The van der Waals surface area contributed by atoms with Gasteiger partial charge in [0.25, 0.3) is 0 Å². The number of hydrogen-bond acceptors (Lipinski definition) is 4. The first-order chi connectivity index (χ1) is 12.0. The third kappa shape index (κ3) is 5.66. The van der Waals surface area contributed by atoms with Crippen LogP contribution in [-0.2, 0) is 9.53 Å². The number of anilines is 2. The van der Waals surface area contributed by atoms with Crippen LogP contribution < -0.4 is 15.1 Å². The first-order valence-corrected chi connectivity index (χ1v) is 9.05. The summed E-state index contributed by atoms with van der Waals surface area (Å²) in [7, 11) is 0. The topological polar surface area (TPSA) is 61.9 Å². The van der Waals surface area contributed by atoms with E-state index in [1.54, 1.807) is 11.8 Å². The van der Waals surface area contributed by atoms with Gasteiger partial charge in [-0.3, -0.25) is 4.79 Å². The van der Waals surface area contributed by atoms with Crippen molar-refractivity contribution in [2.45, 2.75) is 33.6 Å². The molecule has 1 fully saturated rings. The van der Waals surface area contributed by atoms with Crippen molar-refractivity contribution < 1.29 is 14.3 Å². The first kappa shape index (κ1) is 19.1. The normalized spacial score (nSPS) is 14.9. The number of hydrogen-bond donors (Lipinski definition) is 1. The predicted octanol–water partition coefficient (Wildman–Crippen LogP) is 3.02. The summed E-state index contributed by atoms with van der Waals surface area (Å²) >= 11 is 0. The second-order valence-electron chi connectivity index (χ2n) is 6.50. The minimum atomic E-state index is -0.458. The van der Waals surface area contributed by atoms with E-state index in [1.807, 2.05) is 12.1 Å². The summed E-state index contributed by atoms with van der Waals surface area (Å²) in [4.78, 5) is 27.3. The van der Waals surface area contributed by atoms with E-state index in [1.165, 1.54) is 25.5 Å². The molecule has 2 rings (SSSR count). The molecular weight excluding hydrogens is 318 g/mol. The van der Waals surface area contributed by atoms with Crippen LogP contribution >= 0.6 is 0 Å². The summed E-state index contributed by atoms with van der Waals surface area (Å²) in [5.74, 6) is 0.751. The molecule has 1 aromatic rings. The Morgan fingerprint density at radius 3 is 2.44 bits per heavy atom. The van der Waals surface area contributed by atoms with Crippen molar-refractivity contribution in [3.05, 3.63) is 24.3 Å². The van der Waals surface area contributed by atoms with E-state index in [0.29, 0.717) is 19.7 Å². The average Bonchev–Trinajstić information content (AvgIpc) is 2.60. The van der Waals surface area contributed by atoms with Crippen LogP contribution in [0.2, 0.25) is 0 Å². The molecule has 0 unspecified atom stereocenters. The van der Waals surface area contributed by atoms with Gasteiger partial charge in [-0.15, -0.1) is 0 Å². The molecule has 0 aromatic heterocycles. The van der Waals surface area contributed by atoms with Gasteiger partial charge in [0.15, 0.2) is 0 Å². The van der Waals surface area contributed by atoms with E-state index in [-0.39, 0.29) is 5.91 Å². The number of nitrogens with one attached hydrogen (secondary N) is 1. The van der Waals surface area contributed by atoms with E-state index in [4.69, 9.17) is 4.74 Å². The number of benzene rings is 1. The Morgan fingerprint density at radius 1 is 1.24 bits per heavy atom. The number of nitrogens with zero attached hydrogens (tertiary/aromatic N) is 2. The Bertz CT molecular complexity index is 566. The number of carbonyl (C=O) groups excluding carboxylic acids is 2. The molecule has 1 N–H and O–H groups in total. The van der Waals surface area contributed by atoms with Crippen molar-refractivity contribution in [3.63, 3.8) is 0 Å². The van der Waals surface area contributed by atoms with Crippen LogP contribution in [0.1, 0.15) is 33.6 Å². The van der Waals surface area contributed by atoms with Gasteiger partial charge < -0.3 is 19.9 Å². The van der Waals surface area contributed by atoms with Gasteiger partial charge in [-0.2, -0.15) is 0 Å². The molecule has 1 aromatic carbocycles. The molecule has 2 amide bonds. The van der Waals surface area contributed by atoms with Crippen molar-refractivity contribution in [2.24, 2.45) is 5.92 Å². The van der Waals surface area contributed by atoms with Crippen LogP contribution in [0.15, 0.2) is 24.3 Å². The van der Waals surface area contributed by atoms with Crippen molar-refractivity contribution in [1.29, 1.82) is 0 Å². The molecule has 138 valence electrons. The minimum Gasteiger partial charge on any atom is -0.450 e. The number of carbonyl (C=O) groups is 2. The lowest BCUT2D eigenvalue weighted by molar-refractivity contribution is -0.116. The first-order valence-electron chi connectivity index (χ1n) is 9.05. The summed E-state index contributed by atoms with van der Waals surface area (Å²) in [5.41, 5.74) is 2.04. The fraction of sp³-hybridized carbons (Fsp3) is 0.579. The maximum Gasteiger partial charge on any atom is 0.407 e. The van der Waals surface area contributed by atoms with Crippen molar-refractivity contribution in [1.82, 2.24) is 5.32 Å². The molecule has 0 spiro atoms. The summed E-state index contributed by atoms with van der Waals surface area (Å²) in [6.07, 6.45) is 1.99. The van der Waals surface area contributed by atoms with Gasteiger partial charge in [0.1, 0.15) is 0 Å². The number of amides is 2. The highest BCUT2D eigenvalue weighted by Gasteiger charge is 2.17. The number of alkyl carbamates (subject to hydrolysis) is 1. The number of piperidine rings is 1. The Morgan fingerprint density at radius 2 is 1.88 bits per heavy atom. The van der Waals surface area contributed by atoms with Gasteiger partial charge in [-0.25, -0.2) is 4.79 Å². The Labute approximate surface area is 150 Å². The predicted molar refractivity (Wildman–Crippen MR) is 100 cm³/mol. The largest absolute Gasteiger partial charge is 0.450 e. The lowest BCUT2D eigenvalue weighted by Crippen LogP contribution is -2.37. The molecule has 1 saturated heterocycles. The minimum absolute atomic E-state index is 0.0507. The van der Waals surface area contributed by atoms with Crippen LogP contribution in [0.3, 0.4) is 0 Å². The molecule has 1 heterocycles. The van der Waals surface area contributed by atoms with Gasteiger partial charge in [0, 0.05) is 44.5 Å². The zero-order valence-corrected chi connectivity index (χ0v) is 15.5. The molecule has 6 nitrogen and oxygen atoms in total. The van der Waals surface area contributed by atoms with Crippen LogP contribution in [0, 0.1) is 5.92 Å². The molecule has 0 radical (unpaired) electrons. The Balaban J connectivity index is 1.94. The second kappa shape index (κ2) is 9.30. The molecule has 0 atom stereocenters. The quantitative estimate of drug-likeness (QED) is 0.859. The lowest BCUT2D eigenvalue weighted by atomic mass is 9.99. The summed E-state index contributed by atoms with van der Waals surface area (Å²) in [6, 6.07) is 8.08. The summed E-state index contributed by atoms with van der Waals surface area (Å²) in [5, 5.41) is 2.64. The van der Waals surface area contributed by atoms with Crippen LogP contribution in [0.5, 0.6) is 0 Å². The summed E-state index contributed by atoms with van der Waals surface area (Å²) in [6.45, 7) is 8.85. The highest BCUT2D eigenvalue weighted by Crippen LogP contribution is 2.25. The van der Waals surface area contributed by atoms with E-state index in [0.717, 1.165) is 24.7 Å². The molecular formula is C19H29N3O3. The van der Waals surface area contributed by atoms with Crippen LogP contribution in [-0.4, -0.2) is 44.8 Å². The van der Waals surface area contributed by atoms with Crippen molar-refractivity contribution >= 4 is 23.4 Å². The number of rotatable bonds is 6. The zero-order valence-electron chi connectivity index (χ0n) is 15.5. The molecule has 25 heavy (non-hydrogen) atoms. The van der Waals surface area contributed by atoms with Gasteiger partial charge in [0.2, 0.25) is 5.91 Å². The monoisotopic (exact) mass is 347 g/mol. The van der Waals surface area contributed by atoms with Gasteiger partial charge in [-0.1, -0.05) is 6.92 Å². The second-order valence-corrected chi connectivity index (χ2v) is 6.50. The van der Waals surface area contributed by atoms with Gasteiger partial charge >= 0.3 is 6.09 Å². The average molecular weight is 347 g/mol. The van der Waals surface area contributed by atoms with E-state index >= 15 is 0 Å². The van der Waals surface area contributed by atoms with Crippen molar-refractivity contribution in [3.8, 4) is 0 Å². The number of ether oxygens (including phenoxy) is 1. The van der Waals surface area contributed by atoms with Crippen molar-refractivity contribution in [2.75, 3.05) is 42.6 Å². The molecule has 0 aliphatic carbocycles. The van der Waals surface area contributed by atoms with Crippen LogP contribution in [0.25, 0.3) is 0 Å². The Kier molecular flexibility index (Phi) is 7.10. The molecule has 1 aliphatic heterocycles. The zero-order chi connectivity index (χ0) is 18.2. The van der Waals surface area contributed by atoms with Crippen LogP contribution in [0.4, 0.5) is 16.2 Å². The van der Waals surface area contributed by atoms with Gasteiger partial charge in [-0.05, 0) is 49.9 Å². The fourth-order valence-corrected chi connectivity index (χ4v) is 3.03. The third-order valence-electron chi connectivity index (χ3n) is 4.57. The third-order valence-corrected chi connectivity index (χ3v) is 4.57. The maximum absolute atomic E-state index is 11.9. The van der Waals surface area contributed by atoms with E-state index in [2.05, 4.69) is 29.3 Å². The summed E-state index contributed by atoms with van der Waals surface area (Å²) < 4.78 is 4.82. The lowest BCUT2D eigenvalue weighted by Gasteiger charge is -2.32. The SMILES string of the molecule is CCOC(=O)NCCN(C(C)=O)c1ccc(N2CCC(C)CC2)cc1. The fourth-order valence-electron chi connectivity index (χ4n) is 3.03. The molecule has 1 aliphatic rings. The highest BCUT2D eigenvalue weighted by molar-refractivity contribution is 5.91. The standard InChI is InChI=1S/C19H29N3O3/c1-4-25-19(24)20-11-14-22(16(3)23)18-7-5-17(6-8-18)21-12-9-15(2)10-13-21/h5-8,15H,4,9-14H2,1-3H3,(H,20,24). The van der Waals surface area contributed by atoms with E-state index < -0.39 is 6.09 Å². The highest BCUT2D eigenvalue weighted by atomic mass is 16.5.